The Hall–Kier alpha value is -2.15. The van der Waals surface area contributed by atoms with Crippen molar-refractivity contribution in [1.29, 1.82) is 0 Å². The summed E-state index contributed by atoms with van der Waals surface area (Å²) < 4.78 is 5.73. The number of benzene rings is 1. The molecule has 0 saturated carbocycles. The van der Waals surface area contributed by atoms with Crippen molar-refractivity contribution in [3.05, 3.63) is 34.8 Å². The lowest BCUT2D eigenvalue weighted by molar-refractivity contribution is -0.131. The largest absolute Gasteiger partial charge is 0.494 e. The van der Waals surface area contributed by atoms with Gasteiger partial charge in [-0.05, 0) is 37.5 Å². The molecule has 0 N–H and O–H groups in total. The Kier molecular flexibility index (Phi) is 6.44. The molecule has 0 atom stereocenters. The Morgan fingerprint density at radius 2 is 1.88 bits per heavy atom. The predicted octanol–water partition coefficient (Wildman–Crippen LogP) is 2.92. The number of hydrogen-bond donors (Lipinski definition) is 0. The normalized spacial score (nSPS) is 14.5. The number of aryl methyl sites for hydroxylation is 2. The van der Waals surface area contributed by atoms with E-state index in [4.69, 9.17) is 4.74 Å². The molecule has 7 heteroatoms. The molecule has 0 radical (unpaired) electrons. The minimum atomic E-state index is 0.211. The first-order chi connectivity index (χ1) is 12.7. The van der Waals surface area contributed by atoms with Gasteiger partial charge in [0.1, 0.15) is 10.8 Å². The van der Waals surface area contributed by atoms with Gasteiger partial charge in [0.2, 0.25) is 11.0 Å². The molecule has 0 aliphatic carbocycles. The van der Waals surface area contributed by atoms with Crippen LogP contribution in [0.25, 0.3) is 0 Å². The van der Waals surface area contributed by atoms with E-state index in [0.717, 1.165) is 54.9 Å². The smallest absolute Gasteiger partial charge is 0.222 e. The van der Waals surface area contributed by atoms with E-state index in [9.17, 15) is 4.79 Å². The third-order valence-electron chi connectivity index (χ3n) is 4.55. The highest BCUT2D eigenvalue weighted by molar-refractivity contribution is 7.15. The summed E-state index contributed by atoms with van der Waals surface area (Å²) in [7, 11) is 0. The molecule has 2 aromatic rings. The Bertz CT molecular complexity index is 709. The quantitative estimate of drug-likeness (QED) is 0.698. The number of anilines is 1. The van der Waals surface area contributed by atoms with Crippen molar-refractivity contribution >= 4 is 22.4 Å². The van der Waals surface area contributed by atoms with Crippen molar-refractivity contribution in [1.82, 2.24) is 15.1 Å². The van der Waals surface area contributed by atoms with Gasteiger partial charge in [0, 0.05) is 32.6 Å². The number of hydrogen-bond acceptors (Lipinski definition) is 6. The second-order valence-corrected chi connectivity index (χ2v) is 7.58. The van der Waals surface area contributed by atoms with Crippen molar-refractivity contribution in [2.75, 3.05) is 37.7 Å². The molecular weight excluding hydrogens is 348 g/mol. The Morgan fingerprint density at radius 3 is 2.50 bits per heavy atom. The molecule has 2 heterocycles. The van der Waals surface area contributed by atoms with Crippen LogP contribution in [0.1, 0.15) is 30.3 Å². The van der Waals surface area contributed by atoms with Crippen LogP contribution in [0.3, 0.4) is 0 Å². The zero-order chi connectivity index (χ0) is 18.4. The number of carbonyl (C=O) groups is 1. The molecular formula is C19H26N4O2S. The third-order valence-corrected chi connectivity index (χ3v) is 5.45. The number of nitrogens with zero attached hydrogens (tertiary/aromatic N) is 4. The number of ether oxygens (including phenoxy) is 1. The standard InChI is InChI=1S/C19H26N4O2S/c1-3-16-6-8-17(9-7-16)25-14-4-5-18(24)22-10-12-23(13-11-22)19-21-20-15(2)26-19/h6-9H,3-5,10-14H2,1-2H3. The van der Waals surface area contributed by atoms with Crippen LogP contribution in [0.4, 0.5) is 5.13 Å². The SMILES string of the molecule is CCc1ccc(OCCCC(=O)N2CCN(c3nnc(C)s3)CC2)cc1. The average Bonchev–Trinajstić information content (AvgIpc) is 3.12. The first kappa shape index (κ1) is 18.6. The van der Waals surface area contributed by atoms with Crippen LogP contribution in [-0.2, 0) is 11.2 Å². The van der Waals surface area contributed by atoms with Crippen molar-refractivity contribution in [2.24, 2.45) is 0 Å². The lowest BCUT2D eigenvalue weighted by Crippen LogP contribution is -2.48. The van der Waals surface area contributed by atoms with E-state index in [-0.39, 0.29) is 5.91 Å². The highest BCUT2D eigenvalue weighted by Gasteiger charge is 2.22. The molecule has 6 nitrogen and oxygen atoms in total. The van der Waals surface area contributed by atoms with E-state index in [2.05, 4.69) is 34.2 Å². The van der Waals surface area contributed by atoms with Gasteiger partial charge >= 0.3 is 0 Å². The highest BCUT2D eigenvalue weighted by Crippen LogP contribution is 2.21. The van der Waals surface area contributed by atoms with Gasteiger partial charge in [0.05, 0.1) is 6.61 Å². The fourth-order valence-corrected chi connectivity index (χ4v) is 3.69. The molecule has 1 saturated heterocycles. The predicted molar refractivity (Wildman–Crippen MR) is 104 cm³/mol. The molecule has 0 unspecified atom stereocenters. The molecule has 140 valence electrons. The first-order valence-electron chi connectivity index (χ1n) is 9.20. The average molecular weight is 375 g/mol. The van der Waals surface area contributed by atoms with Gasteiger partial charge in [-0.15, -0.1) is 10.2 Å². The summed E-state index contributed by atoms with van der Waals surface area (Å²) >= 11 is 1.60. The molecule has 1 fully saturated rings. The van der Waals surface area contributed by atoms with Crippen LogP contribution in [-0.4, -0.2) is 53.8 Å². The summed E-state index contributed by atoms with van der Waals surface area (Å²) in [5.74, 6) is 1.08. The molecule has 1 aromatic carbocycles. The van der Waals surface area contributed by atoms with Crippen LogP contribution in [0.2, 0.25) is 0 Å². The topological polar surface area (TPSA) is 58.6 Å². The van der Waals surface area contributed by atoms with E-state index >= 15 is 0 Å². The third kappa shape index (κ3) is 4.94. The van der Waals surface area contributed by atoms with Crippen LogP contribution in [0.15, 0.2) is 24.3 Å². The minimum absolute atomic E-state index is 0.211. The van der Waals surface area contributed by atoms with Gasteiger partial charge in [0.25, 0.3) is 0 Å². The van der Waals surface area contributed by atoms with Crippen LogP contribution < -0.4 is 9.64 Å². The molecule has 3 rings (SSSR count). The summed E-state index contributed by atoms with van der Waals surface area (Å²) in [6, 6.07) is 8.16. The number of carbonyl (C=O) groups excluding carboxylic acids is 1. The number of piperazine rings is 1. The maximum Gasteiger partial charge on any atom is 0.222 e. The van der Waals surface area contributed by atoms with E-state index < -0.39 is 0 Å². The number of rotatable bonds is 7. The zero-order valence-electron chi connectivity index (χ0n) is 15.5. The lowest BCUT2D eigenvalue weighted by Gasteiger charge is -2.34. The molecule has 1 amide bonds. The van der Waals surface area contributed by atoms with E-state index in [1.807, 2.05) is 24.0 Å². The number of amides is 1. The minimum Gasteiger partial charge on any atom is -0.494 e. The Balaban J connectivity index is 1.35. The molecule has 1 aliphatic rings. The maximum absolute atomic E-state index is 12.4. The lowest BCUT2D eigenvalue weighted by atomic mass is 10.2. The molecule has 0 bridgehead atoms. The van der Waals surface area contributed by atoms with E-state index in [1.54, 1.807) is 11.3 Å². The van der Waals surface area contributed by atoms with Gasteiger partial charge in [-0.3, -0.25) is 4.79 Å². The van der Waals surface area contributed by atoms with Crippen molar-refractivity contribution < 1.29 is 9.53 Å². The van der Waals surface area contributed by atoms with Crippen molar-refractivity contribution in [3.8, 4) is 5.75 Å². The van der Waals surface area contributed by atoms with E-state index in [1.165, 1.54) is 5.56 Å². The van der Waals surface area contributed by atoms with Gasteiger partial charge in [0.15, 0.2) is 0 Å². The summed E-state index contributed by atoms with van der Waals surface area (Å²) in [5.41, 5.74) is 1.30. The van der Waals surface area contributed by atoms with Crippen LogP contribution in [0.5, 0.6) is 5.75 Å². The molecule has 0 spiro atoms. The van der Waals surface area contributed by atoms with Gasteiger partial charge in [-0.2, -0.15) is 0 Å². The second-order valence-electron chi connectivity index (χ2n) is 6.42. The summed E-state index contributed by atoms with van der Waals surface area (Å²) in [4.78, 5) is 16.5. The van der Waals surface area contributed by atoms with Crippen LogP contribution in [0, 0.1) is 6.92 Å². The first-order valence-corrected chi connectivity index (χ1v) is 10.0. The van der Waals surface area contributed by atoms with Gasteiger partial charge < -0.3 is 14.5 Å². The Labute approximate surface area is 158 Å². The zero-order valence-corrected chi connectivity index (χ0v) is 16.3. The fourth-order valence-electron chi connectivity index (χ4n) is 2.95. The van der Waals surface area contributed by atoms with Crippen molar-refractivity contribution in [3.63, 3.8) is 0 Å². The van der Waals surface area contributed by atoms with Gasteiger partial charge in [-0.1, -0.05) is 30.4 Å². The van der Waals surface area contributed by atoms with Gasteiger partial charge in [-0.25, -0.2) is 0 Å². The molecule has 26 heavy (non-hydrogen) atoms. The molecule has 1 aliphatic heterocycles. The summed E-state index contributed by atoms with van der Waals surface area (Å²) in [5, 5.41) is 10.2. The summed E-state index contributed by atoms with van der Waals surface area (Å²) in [6.45, 7) is 7.80. The van der Waals surface area contributed by atoms with Crippen LogP contribution >= 0.6 is 11.3 Å². The summed E-state index contributed by atoms with van der Waals surface area (Å²) in [6.07, 6.45) is 2.30. The molecule has 1 aromatic heterocycles. The highest BCUT2D eigenvalue weighted by atomic mass is 32.1. The second kappa shape index (κ2) is 8.98. The maximum atomic E-state index is 12.4. The van der Waals surface area contributed by atoms with E-state index in [0.29, 0.717) is 13.0 Å². The number of aromatic nitrogens is 2. The fraction of sp³-hybridized carbons (Fsp3) is 0.526. The Morgan fingerprint density at radius 1 is 1.15 bits per heavy atom. The van der Waals surface area contributed by atoms with Crippen molar-refractivity contribution in [2.45, 2.75) is 33.1 Å². The monoisotopic (exact) mass is 374 g/mol.